The van der Waals surface area contributed by atoms with Crippen molar-refractivity contribution in [3.8, 4) is 23.2 Å². The lowest BCUT2D eigenvalue weighted by molar-refractivity contribution is -0.141. The molecule has 2 fully saturated rings. The molecule has 1 amide bonds. The van der Waals surface area contributed by atoms with E-state index in [1.165, 1.54) is 31.4 Å². The van der Waals surface area contributed by atoms with Gasteiger partial charge >= 0.3 is 6.18 Å². The number of carbonyl (C=O) groups is 1. The molecule has 0 spiro atoms. The number of fused-ring (bicyclic) bond motifs is 1. The fourth-order valence-electron chi connectivity index (χ4n) is 6.05. The van der Waals surface area contributed by atoms with Crippen molar-refractivity contribution in [3.63, 3.8) is 0 Å². The van der Waals surface area contributed by atoms with Gasteiger partial charge in [-0.25, -0.2) is 15.0 Å². The molecule has 6 rings (SSSR count). The zero-order valence-corrected chi connectivity index (χ0v) is 23.7. The maximum Gasteiger partial charge on any atom is 0.433 e. The highest BCUT2D eigenvalue weighted by Crippen LogP contribution is 2.39. The van der Waals surface area contributed by atoms with Crippen molar-refractivity contribution in [2.24, 2.45) is 0 Å². The number of hydrogen-bond donors (Lipinski definition) is 1. The summed E-state index contributed by atoms with van der Waals surface area (Å²) in [5.74, 6) is -0.755. The number of pyridine rings is 1. The Bertz CT molecular complexity index is 1680. The molecule has 14 heteroatoms. The van der Waals surface area contributed by atoms with Crippen molar-refractivity contribution in [1.82, 2.24) is 39.5 Å². The van der Waals surface area contributed by atoms with Gasteiger partial charge in [0, 0.05) is 68.2 Å². The third kappa shape index (κ3) is 5.52. The average Bonchev–Trinajstić information content (AvgIpc) is 3.65. The number of carbonyl (C=O) groups excluding carboxylic acids is 1. The number of aromatic nitrogens is 6. The van der Waals surface area contributed by atoms with Crippen LogP contribution < -0.4 is 4.74 Å². The molecule has 224 valence electrons. The van der Waals surface area contributed by atoms with Crippen LogP contribution in [0.1, 0.15) is 48.2 Å². The highest BCUT2D eigenvalue weighted by Gasteiger charge is 2.48. The molecule has 1 saturated carbocycles. The van der Waals surface area contributed by atoms with E-state index in [-0.39, 0.29) is 23.6 Å². The van der Waals surface area contributed by atoms with Crippen LogP contribution in [0, 0.1) is 11.3 Å². The summed E-state index contributed by atoms with van der Waals surface area (Å²) in [5, 5.41) is 15.2. The zero-order chi connectivity index (χ0) is 30.4. The van der Waals surface area contributed by atoms with E-state index in [0.29, 0.717) is 32.4 Å². The Morgan fingerprint density at radius 3 is 2.67 bits per heavy atom. The van der Waals surface area contributed by atoms with Gasteiger partial charge in [-0.15, -0.1) is 0 Å². The van der Waals surface area contributed by atoms with Crippen molar-refractivity contribution in [2.45, 2.75) is 56.0 Å². The third-order valence-electron chi connectivity index (χ3n) is 8.29. The van der Waals surface area contributed by atoms with Gasteiger partial charge in [-0.05, 0) is 37.8 Å². The molecule has 0 aromatic carbocycles. The van der Waals surface area contributed by atoms with Crippen LogP contribution in [0.3, 0.4) is 0 Å². The molecule has 2 aliphatic rings. The number of hydrogen-bond acceptors (Lipinski definition) is 8. The summed E-state index contributed by atoms with van der Waals surface area (Å²) in [7, 11) is 2.95. The van der Waals surface area contributed by atoms with Gasteiger partial charge in [-0.2, -0.15) is 23.5 Å². The lowest BCUT2D eigenvalue weighted by Crippen LogP contribution is -2.65. The molecule has 43 heavy (non-hydrogen) atoms. The van der Waals surface area contributed by atoms with Gasteiger partial charge in [-0.3, -0.25) is 14.4 Å². The normalized spacial score (nSPS) is 20.4. The molecule has 4 aromatic heterocycles. The second-order valence-corrected chi connectivity index (χ2v) is 11.4. The van der Waals surface area contributed by atoms with Gasteiger partial charge < -0.3 is 14.6 Å². The first-order valence-corrected chi connectivity index (χ1v) is 14.0. The molecule has 0 atom stereocenters. The number of likely N-dealkylation sites (tertiary alicyclic amines) is 1. The number of aromatic amines is 1. The van der Waals surface area contributed by atoms with Gasteiger partial charge in [0.25, 0.3) is 5.91 Å². The smallest absolute Gasteiger partial charge is 0.433 e. The summed E-state index contributed by atoms with van der Waals surface area (Å²) in [6.07, 6.45) is 5.14. The number of ether oxygens (including phenoxy) is 1. The van der Waals surface area contributed by atoms with E-state index >= 15 is 0 Å². The quantitative estimate of drug-likeness (QED) is 0.337. The number of nitrogens with zero attached hydrogens (tertiary/aromatic N) is 8. The summed E-state index contributed by atoms with van der Waals surface area (Å²) >= 11 is 0. The highest BCUT2D eigenvalue weighted by atomic mass is 19.4. The minimum Gasteiger partial charge on any atom is -0.474 e. The Morgan fingerprint density at radius 2 is 1.98 bits per heavy atom. The van der Waals surface area contributed by atoms with Gasteiger partial charge in [0.05, 0.1) is 24.4 Å². The van der Waals surface area contributed by atoms with Crippen LogP contribution in [0.5, 0.6) is 5.88 Å². The molecule has 0 unspecified atom stereocenters. The lowest BCUT2D eigenvalue weighted by atomic mass is 9.82. The molecular formula is C29H30F3N9O2. The Labute approximate surface area is 245 Å². The molecular weight excluding hydrogens is 563 g/mol. The Hall–Kier alpha value is -4.51. The first kappa shape index (κ1) is 28.6. The van der Waals surface area contributed by atoms with Crippen LogP contribution in [0.2, 0.25) is 0 Å². The summed E-state index contributed by atoms with van der Waals surface area (Å²) < 4.78 is 48.2. The maximum absolute atomic E-state index is 13.5. The largest absolute Gasteiger partial charge is 0.474 e. The molecule has 11 nitrogen and oxygen atoms in total. The Morgan fingerprint density at radius 1 is 1.21 bits per heavy atom. The van der Waals surface area contributed by atoms with Crippen LogP contribution in [0.15, 0.2) is 43.1 Å². The number of halogens is 3. The predicted molar refractivity (Wildman–Crippen MR) is 149 cm³/mol. The van der Waals surface area contributed by atoms with Crippen molar-refractivity contribution in [3.05, 3.63) is 54.4 Å². The van der Waals surface area contributed by atoms with Gasteiger partial charge in [0.2, 0.25) is 5.88 Å². The minimum atomic E-state index is -4.70. The van der Waals surface area contributed by atoms with Crippen LogP contribution >= 0.6 is 0 Å². The summed E-state index contributed by atoms with van der Waals surface area (Å²) in [4.78, 5) is 31.4. The third-order valence-corrected chi connectivity index (χ3v) is 8.29. The predicted octanol–water partition coefficient (Wildman–Crippen LogP) is 4.25. The van der Waals surface area contributed by atoms with E-state index < -0.39 is 23.3 Å². The summed E-state index contributed by atoms with van der Waals surface area (Å²) in [6.45, 7) is 1.32. The monoisotopic (exact) mass is 593 g/mol. The molecule has 5 heterocycles. The van der Waals surface area contributed by atoms with Crippen LogP contribution in [0.25, 0.3) is 22.3 Å². The van der Waals surface area contributed by atoms with E-state index in [9.17, 15) is 23.2 Å². The van der Waals surface area contributed by atoms with Gasteiger partial charge in [-0.1, -0.05) is 0 Å². The molecule has 0 bridgehead atoms. The van der Waals surface area contributed by atoms with Crippen LogP contribution in [0.4, 0.5) is 13.2 Å². The van der Waals surface area contributed by atoms with Gasteiger partial charge in [0.1, 0.15) is 29.3 Å². The standard InChI is InChI=1S/C29H30F3N9O2/c1-39(2)27(42)18-11-23(29(30,31)32)38-24(12-18)43-21-5-3-20(4-6-21)40-15-28(16-40,8-9-33)41-14-19(13-37-41)25-22-7-10-34-26(22)36-17-35-25/h7,10-14,17,20-21H,3-6,8,15-16H2,1-2H3,(H,34,35,36). The Kier molecular flexibility index (Phi) is 7.29. The van der Waals surface area contributed by atoms with Crippen molar-refractivity contribution in [1.29, 1.82) is 5.26 Å². The molecule has 1 saturated heterocycles. The number of nitriles is 1. The van der Waals surface area contributed by atoms with Crippen LogP contribution in [-0.2, 0) is 11.7 Å². The van der Waals surface area contributed by atoms with E-state index in [1.54, 1.807) is 6.20 Å². The van der Waals surface area contributed by atoms with E-state index in [4.69, 9.17) is 4.74 Å². The highest BCUT2D eigenvalue weighted by molar-refractivity contribution is 5.94. The molecule has 1 aliphatic heterocycles. The lowest BCUT2D eigenvalue weighted by Gasteiger charge is -2.53. The molecule has 1 aliphatic carbocycles. The van der Waals surface area contributed by atoms with Crippen molar-refractivity contribution >= 4 is 16.9 Å². The Balaban J connectivity index is 1.10. The van der Waals surface area contributed by atoms with E-state index in [2.05, 4.69) is 36.0 Å². The zero-order valence-electron chi connectivity index (χ0n) is 23.7. The summed E-state index contributed by atoms with van der Waals surface area (Å²) in [5.41, 5.74) is 0.626. The molecule has 1 N–H and O–H groups in total. The topological polar surface area (TPSA) is 129 Å². The number of alkyl halides is 3. The van der Waals surface area contributed by atoms with Crippen molar-refractivity contribution in [2.75, 3.05) is 27.2 Å². The first-order valence-electron chi connectivity index (χ1n) is 14.0. The minimum absolute atomic E-state index is 0.121. The van der Waals surface area contributed by atoms with Crippen molar-refractivity contribution < 1.29 is 22.7 Å². The fraction of sp³-hybridized carbons (Fsp3) is 0.448. The second kappa shape index (κ2) is 11.0. The maximum atomic E-state index is 13.5. The van der Waals surface area contributed by atoms with Crippen LogP contribution in [-0.4, -0.2) is 84.8 Å². The summed E-state index contributed by atoms with van der Waals surface area (Å²) in [6, 6.07) is 6.52. The number of amides is 1. The average molecular weight is 594 g/mol. The molecule has 0 radical (unpaired) electrons. The number of H-pyrrole nitrogens is 1. The van der Waals surface area contributed by atoms with Gasteiger partial charge in [0.15, 0.2) is 0 Å². The van der Waals surface area contributed by atoms with E-state index in [1.807, 2.05) is 23.1 Å². The number of nitrogens with one attached hydrogen (secondary N) is 1. The van der Waals surface area contributed by atoms with E-state index in [0.717, 1.165) is 41.2 Å². The number of rotatable bonds is 7. The fourth-order valence-corrected chi connectivity index (χ4v) is 6.05. The first-order chi connectivity index (χ1) is 20.6. The second-order valence-electron chi connectivity index (χ2n) is 11.4. The SMILES string of the molecule is CN(C)C(=O)c1cc(OC2CCC(N3CC(CC#N)(n4cc(-c5ncnc6[nH]ccc56)cn4)C3)CC2)nc(C(F)(F)F)c1. The molecule has 4 aromatic rings.